The summed E-state index contributed by atoms with van der Waals surface area (Å²) in [7, 11) is 0. The summed E-state index contributed by atoms with van der Waals surface area (Å²) < 4.78 is 13.1. The lowest BCUT2D eigenvalue weighted by molar-refractivity contribution is -0.117. The van der Waals surface area contributed by atoms with Gasteiger partial charge in [-0.25, -0.2) is 4.39 Å². The molecule has 2 heterocycles. The molecule has 3 rings (SSSR count). The van der Waals surface area contributed by atoms with Crippen LogP contribution in [0.4, 0.5) is 10.1 Å². The molecule has 0 aromatic heterocycles. The number of carbonyl (C=O) groups is 1. The van der Waals surface area contributed by atoms with Gasteiger partial charge in [0.1, 0.15) is 5.82 Å². The van der Waals surface area contributed by atoms with Crippen LogP contribution in [0.5, 0.6) is 0 Å². The predicted molar refractivity (Wildman–Crippen MR) is 85.3 cm³/mol. The molecule has 2 saturated heterocycles. The Hall–Kier alpha value is -1.46. The van der Waals surface area contributed by atoms with E-state index in [0.717, 1.165) is 25.9 Å². The second-order valence-electron chi connectivity index (χ2n) is 6.31. The highest BCUT2D eigenvalue weighted by molar-refractivity contribution is 5.92. The van der Waals surface area contributed by atoms with Crippen molar-refractivity contribution in [2.45, 2.75) is 31.7 Å². The fourth-order valence-corrected chi connectivity index (χ4v) is 3.52. The topological polar surface area (TPSA) is 35.6 Å². The van der Waals surface area contributed by atoms with Crippen molar-refractivity contribution in [1.82, 2.24) is 9.80 Å². The Labute approximate surface area is 131 Å². The van der Waals surface area contributed by atoms with Crippen molar-refractivity contribution in [2.75, 3.05) is 38.0 Å². The average molecular weight is 305 g/mol. The van der Waals surface area contributed by atoms with E-state index >= 15 is 0 Å². The zero-order chi connectivity index (χ0) is 15.4. The standard InChI is InChI=1S/C17H24FN3O/c18-14-4-3-5-15(12-14)19-17(22)13-20-10-6-16(7-11-20)21-8-1-2-9-21/h3-5,12,16H,1-2,6-11,13H2,(H,19,22). The molecular formula is C17H24FN3O. The maximum Gasteiger partial charge on any atom is 0.238 e. The van der Waals surface area contributed by atoms with Gasteiger partial charge >= 0.3 is 0 Å². The summed E-state index contributed by atoms with van der Waals surface area (Å²) in [5.74, 6) is -0.394. The summed E-state index contributed by atoms with van der Waals surface area (Å²) in [6.07, 6.45) is 4.95. The molecule has 0 bridgehead atoms. The van der Waals surface area contributed by atoms with Gasteiger partial charge in [-0.2, -0.15) is 0 Å². The molecule has 5 heteroatoms. The number of nitrogens with one attached hydrogen (secondary N) is 1. The van der Waals surface area contributed by atoms with Gasteiger partial charge < -0.3 is 10.2 Å². The van der Waals surface area contributed by atoms with E-state index in [0.29, 0.717) is 18.3 Å². The number of halogens is 1. The average Bonchev–Trinajstić information content (AvgIpc) is 3.02. The third-order valence-corrected chi connectivity index (χ3v) is 4.69. The minimum Gasteiger partial charge on any atom is -0.325 e. The molecule has 120 valence electrons. The Bertz CT molecular complexity index is 508. The molecule has 2 fully saturated rings. The van der Waals surface area contributed by atoms with Gasteiger partial charge in [-0.05, 0) is 57.0 Å². The van der Waals surface area contributed by atoms with Crippen LogP contribution in [-0.2, 0) is 4.79 Å². The first kappa shape index (κ1) is 15.4. The monoisotopic (exact) mass is 305 g/mol. The zero-order valence-corrected chi connectivity index (χ0v) is 12.9. The lowest BCUT2D eigenvalue weighted by Crippen LogP contribution is -2.45. The predicted octanol–water partition coefficient (Wildman–Crippen LogP) is 2.32. The normalized spacial score (nSPS) is 21.1. The van der Waals surface area contributed by atoms with Gasteiger partial charge in [-0.15, -0.1) is 0 Å². The highest BCUT2D eigenvalue weighted by atomic mass is 19.1. The second kappa shape index (κ2) is 7.20. The summed E-state index contributed by atoms with van der Waals surface area (Å²) >= 11 is 0. The van der Waals surface area contributed by atoms with E-state index in [2.05, 4.69) is 15.1 Å². The lowest BCUT2D eigenvalue weighted by Gasteiger charge is -2.36. The molecule has 1 aromatic rings. The van der Waals surface area contributed by atoms with Gasteiger partial charge in [0.25, 0.3) is 0 Å². The van der Waals surface area contributed by atoms with Crippen LogP contribution in [0.2, 0.25) is 0 Å². The van der Waals surface area contributed by atoms with E-state index in [4.69, 9.17) is 0 Å². The van der Waals surface area contributed by atoms with Crippen molar-refractivity contribution >= 4 is 11.6 Å². The summed E-state index contributed by atoms with van der Waals surface area (Å²) in [6.45, 7) is 4.81. The molecule has 1 amide bonds. The number of likely N-dealkylation sites (tertiary alicyclic amines) is 2. The second-order valence-corrected chi connectivity index (χ2v) is 6.31. The van der Waals surface area contributed by atoms with Crippen molar-refractivity contribution in [1.29, 1.82) is 0 Å². The number of hydrogen-bond donors (Lipinski definition) is 1. The SMILES string of the molecule is O=C(CN1CCC(N2CCCC2)CC1)Nc1cccc(F)c1. The number of rotatable bonds is 4. The minimum absolute atomic E-state index is 0.0646. The Morgan fingerprint density at radius 3 is 2.59 bits per heavy atom. The number of amides is 1. The smallest absolute Gasteiger partial charge is 0.238 e. The number of anilines is 1. The number of piperidine rings is 1. The van der Waals surface area contributed by atoms with Crippen LogP contribution in [0.25, 0.3) is 0 Å². The molecule has 0 saturated carbocycles. The fraction of sp³-hybridized carbons (Fsp3) is 0.588. The molecule has 2 aliphatic heterocycles. The van der Waals surface area contributed by atoms with Crippen molar-refractivity contribution in [3.05, 3.63) is 30.1 Å². The quantitative estimate of drug-likeness (QED) is 0.927. The van der Waals surface area contributed by atoms with E-state index in [9.17, 15) is 9.18 Å². The molecule has 22 heavy (non-hydrogen) atoms. The van der Waals surface area contributed by atoms with Gasteiger partial charge in [-0.3, -0.25) is 9.69 Å². The Kier molecular flexibility index (Phi) is 5.05. The molecule has 0 unspecified atom stereocenters. The van der Waals surface area contributed by atoms with E-state index in [1.54, 1.807) is 12.1 Å². The number of carbonyl (C=O) groups excluding carboxylic acids is 1. The van der Waals surface area contributed by atoms with Crippen LogP contribution in [0.1, 0.15) is 25.7 Å². The molecule has 0 radical (unpaired) electrons. The highest BCUT2D eigenvalue weighted by Gasteiger charge is 2.26. The van der Waals surface area contributed by atoms with Crippen LogP contribution in [0, 0.1) is 5.82 Å². The van der Waals surface area contributed by atoms with Gasteiger partial charge in [-0.1, -0.05) is 6.07 Å². The molecule has 0 atom stereocenters. The van der Waals surface area contributed by atoms with E-state index in [1.165, 1.54) is 38.1 Å². The molecule has 1 N–H and O–H groups in total. The first-order chi connectivity index (χ1) is 10.7. The van der Waals surface area contributed by atoms with Gasteiger partial charge in [0, 0.05) is 24.8 Å². The first-order valence-corrected chi connectivity index (χ1v) is 8.22. The molecular weight excluding hydrogens is 281 g/mol. The van der Waals surface area contributed by atoms with Crippen molar-refractivity contribution in [3.8, 4) is 0 Å². The fourth-order valence-electron chi connectivity index (χ4n) is 3.52. The largest absolute Gasteiger partial charge is 0.325 e. The Balaban J connectivity index is 1.43. The maximum absolute atomic E-state index is 13.1. The van der Waals surface area contributed by atoms with Crippen LogP contribution in [0.3, 0.4) is 0 Å². The molecule has 0 spiro atoms. The van der Waals surface area contributed by atoms with E-state index in [1.807, 2.05) is 0 Å². The third-order valence-electron chi connectivity index (χ3n) is 4.69. The van der Waals surface area contributed by atoms with Gasteiger partial charge in [0.15, 0.2) is 0 Å². The molecule has 4 nitrogen and oxygen atoms in total. The van der Waals surface area contributed by atoms with Gasteiger partial charge in [0.2, 0.25) is 5.91 Å². The summed E-state index contributed by atoms with van der Waals surface area (Å²) in [6, 6.07) is 6.73. The number of hydrogen-bond acceptors (Lipinski definition) is 3. The van der Waals surface area contributed by atoms with Crippen molar-refractivity contribution in [3.63, 3.8) is 0 Å². The van der Waals surface area contributed by atoms with Crippen LogP contribution >= 0.6 is 0 Å². The molecule has 2 aliphatic rings. The van der Waals surface area contributed by atoms with E-state index < -0.39 is 0 Å². The third kappa shape index (κ3) is 4.05. The van der Waals surface area contributed by atoms with Gasteiger partial charge in [0.05, 0.1) is 6.54 Å². The zero-order valence-electron chi connectivity index (χ0n) is 12.9. The molecule has 0 aliphatic carbocycles. The summed E-state index contributed by atoms with van der Waals surface area (Å²) in [5, 5.41) is 2.77. The van der Waals surface area contributed by atoms with Crippen LogP contribution in [0.15, 0.2) is 24.3 Å². The molecule has 1 aromatic carbocycles. The Morgan fingerprint density at radius 2 is 1.91 bits per heavy atom. The first-order valence-electron chi connectivity index (χ1n) is 8.22. The maximum atomic E-state index is 13.1. The number of nitrogens with zero attached hydrogens (tertiary/aromatic N) is 2. The summed E-state index contributed by atoms with van der Waals surface area (Å²) in [4.78, 5) is 16.8. The Morgan fingerprint density at radius 1 is 1.18 bits per heavy atom. The summed E-state index contributed by atoms with van der Waals surface area (Å²) in [5.41, 5.74) is 0.525. The minimum atomic E-state index is -0.329. The van der Waals surface area contributed by atoms with Crippen LogP contribution < -0.4 is 5.32 Å². The number of benzene rings is 1. The lowest BCUT2D eigenvalue weighted by atomic mass is 10.0. The highest BCUT2D eigenvalue weighted by Crippen LogP contribution is 2.21. The van der Waals surface area contributed by atoms with Crippen LogP contribution in [-0.4, -0.2) is 54.5 Å². The van der Waals surface area contributed by atoms with Crippen molar-refractivity contribution in [2.24, 2.45) is 0 Å². The van der Waals surface area contributed by atoms with Crippen molar-refractivity contribution < 1.29 is 9.18 Å². The van der Waals surface area contributed by atoms with E-state index in [-0.39, 0.29) is 11.7 Å².